The number of nitrogens with one attached hydrogen (secondary N) is 1. The van der Waals surface area contributed by atoms with Gasteiger partial charge < -0.3 is 9.47 Å². The second kappa shape index (κ2) is 8.12. The standard InChI is InChI=1S/C20H22FN3O4S/c1-13-20(14(2)24(22-13)12-15-6-5-7-16(21)10-15)23-29(25,26)19-11-17(27-3)8-9-18(19)28-4/h5-11,23H,12H2,1-4H3. The fraction of sp³-hybridized carbons (Fsp3) is 0.250. The molecule has 154 valence electrons. The first kappa shape index (κ1) is 20.7. The number of rotatable bonds is 7. The van der Waals surface area contributed by atoms with Crippen LogP contribution in [-0.2, 0) is 16.6 Å². The molecule has 9 heteroatoms. The Morgan fingerprint density at radius 3 is 2.52 bits per heavy atom. The Kier molecular flexibility index (Phi) is 5.78. The van der Waals surface area contributed by atoms with Gasteiger partial charge in [-0.15, -0.1) is 0 Å². The maximum Gasteiger partial charge on any atom is 0.265 e. The van der Waals surface area contributed by atoms with Crippen LogP contribution >= 0.6 is 0 Å². The van der Waals surface area contributed by atoms with Crippen LogP contribution in [0.25, 0.3) is 0 Å². The van der Waals surface area contributed by atoms with Crippen molar-refractivity contribution in [1.29, 1.82) is 0 Å². The van der Waals surface area contributed by atoms with E-state index in [0.29, 0.717) is 29.4 Å². The topological polar surface area (TPSA) is 82.4 Å². The first-order valence-electron chi connectivity index (χ1n) is 8.78. The summed E-state index contributed by atoms with van der Waals surface area (Å²) in [5.74, 6) is 0.247. The molecule has 0 atom stereocenters. The highest BCUT2D eigenvalue weighted by atomic mass is 32.2. The molecule has 0 saturated heterocycles. The van der Waals surface area contributed by atoms with Gasteiger partial charge in [-0.25, -0.2) is 12.8 Å². The van der Waals surface area contributed by atoms with Gasteiger partial charge in [0.25, 0.3) is 10.0 Å². The molecule has 0 aliphatic heterocycles. The number of aromatic nitrogens is 2. The molecule has 0 unspecified atom stereocenters. The van der Waals surface area contributed by atoms with Crippen molar-refractivity contribution in [3.8, 4) is 11.5 Å². The number of anilines is 1. The number of ether oxygens (including phenoxy) is 2. The molecule has 0 aliphatic carbocycles. The van der Waals surface area contributed by atoms with E-state index >= 15 is 0 Å². The quantitative estimate of drug-likeness (QED) is 0.634. The minimum Gasteiger partial charge on any atom is -0.497 e. The van der Waals surface area contributed by atoms with Crippen LogP contribution in [0.3, 0.4) is 0 Å². The van der Waals surface area contributed by atoms with Gasteiger partial charge in [-0.1, -0.05) is 12.1 Å². The number of hydrogen-bond donors (Lipinski definition) is 1. The Hall–Kier alpha value is -3.07. The molecule has 0 fully saturated rings. The largest absolute Gasteiger partial charge is 0.497 e. The SMILES string of the molecule is COc1ccc(OC)c(S(=O)(=O)Nc2c(C)nn(Cc3cccc(F)c3)c2C)c1. The maximum atomic E-state index is 13.5. The lowest BCUT2D eigenvalue weighted by Crippen LogP contribution is -2.15. The van der Waals surface area contributed by atoms with Gasteiger partial charge in [0.2, 0.25) is 0 Å². The fourth-order valence-electron chi connectivity index (χ4n) is 2.99. The second-order valence-electron chi connectivity index (χ2n) is 6.46. The number of hydrogen-bond acceptors (Lipinski definition) is 5. The van der Waals surface area contributed by atoms with Gasteiger partial charge in [0, 0.05) is 6.07 Å². The van der Waals surface area contributed by atoms with Gasteiger partial charge in [0.1, 0.15) is 22.2 Å². The van der Waals surface area contributed by atoms with Gasteiger partial charge in [-0.3, -0.25) is 9.40 Å². The van der Waals surface area contributed by atoms with E-state index < -0.39 is 10.0 Å². The molecule has 3 rings (SSSR count). The predicted molar refractivity (Wildman–Crippen MR) is 108 cm³/mol. The zero-order valence-corrected chi connectivity index (χ0v) is 17.4. The molecule has 7 nitrogen and oxygen atoms in total. The van der Waals surface area contributed by atoms with Gasteiger partial charge >= 0.3 is 0 Å². The van der Waals surface area contributed by atoms with Crippen LogP contribution in [0.5, 0.6) is 11.5 Å². The van der Waals surface area contributed by atoms with Crippen LogP contribution in [0.15, 0.2) is 47.4 Å². The van der Waals surface area contributed by atoms with Crippen LogP contribution in [0.2, 0.25) is 0 Å². The minimum absolute atomic E-state index is 0.0453. The van der Waals surface area contributed by atoms with Crippen LogP contribution in [0.4, 0.5) is 10.1 Å². The smallest absolute Gasteiger partial charge is 0.265 e. The highest BCUT2D eigenvalue weighted by Crippen LogP contribution is 2.31. The molecule has 0 radical (unpaired) electrons. The van der Waals surface area contributed by atoms with E-state index in [1.807, 2.05) is 0 Å². The van der Waals surface area contributed by atoms with Crippen LogP contribution < -0.4 is 14.2 Å². The number of benzene rings is 2. The van der Waals surface area contributed by atoms with Crippen LogP contribution in [0, 0.1) is 19.7 Å². The zero-order valence-electron chi connectivity index (χ0n) is 16.6. The molecule has 0 saturated carbocycles. The highest BCUT2D eigenvalue weighted by molar-refractivity contribution is 7.92. The summed E-state index contributed by atoms with van der Waals surface area (Å²) in [6, 6.07) is 10.7. The normalized spacial score (nSPS) is 11.3. The molecular formula is C20H22FN3O4S. The summed E-state index contributed by atoms with van der Waals surface area (Å²) in [5, 5.41) is 4.40. The summed E-state index contributed by atoms with van der Waals surface area (Å²) >= 11 is 0. The van der Waals surface area contributed by atoms with E-state index in [9.17, 15) is 12.8 Å². The first-order chi connectivity index (χ1) is 13.7. The molecule has 0 spiro atoms. The third-order valence-corrected chi connectivity index (χ3v) is 5.87. The van der Waals surface area contributed by atoms with Crippen molar-refractivity contribution >= 4 is 15.7 Å². The Labute approximate surface area is 169 Å². The van der Waals surface area contributed by atoms with Crippen LogP contribution in [-0.4, -0.2) is 32.4 Å². The molecule has 0 bridgehead atoms. The molecule has 1 aromatic heterocycles. The second-order valence-corrected chi connectivity index (χ2v) is 8.11. The summed E-state index contributed by atoms with van der Waals surface area (Å²) < 4.78 is 54.1. The molecule has 1 heterocycles. The van der Waals surface area contributed by atoms with E-state index in [0.717, 1.165) is 5.56 Å². The number of methoxy groups -OCH3 is 2. The van der Waals surface area contributed by atoms with Gasteiger partial charge in [-0.05, 0) is 43.7 Å². The zero-order chi connectivity index (χ0) is 21.2. The van der Waals surface area contributed by atoms with Gasteiger partial charge in [-0.2, -0.15) is 5.10 Å². The van der Waals surface area contributed by atoms with E-state index in [2.05, 4.69) is 9.82 Å². The van der Waals surface area contributed by atoms with Crippen molar-refractivity contribution in [3.05, 3.63) is 65.2 Å². The number of aryl methyl sites for hydroxylation is 1. The first-order valence-corrected chi connectivity index (χ1v) is 10.3. The Morgan fingerprint density at radius 2 is 1.86 bits per heavy atom. The highest BCUT2D eigenvalue weighted by Gasteiger charge is 2.24. The van der Waals surface area contributed by atoms with Crippen molar-refractivity contribution in [2.24, 2.45) is 0 Å². The number of halogens is 1. The summed E-state index contributed by atoms with van der Waals surface area (Å²) in [4.78, 5) is -0.0453. The van der Waals surface area contributed by atoms with E-state index in [4.69, 9.17) is 9.47 Å². The predicted octanol–water partition coefficient (Wildman–Crippen LogP) is 3.51. The third-order valence-electron chi connectivity index (χ3n) is 4.50. The Bertz CT molecular complexity index is 1140. The third kappa shape index (κ3) is 4.34. The van der Waals surface area contributed by atoms with Crippen molar-refractivity contribution in [1.82, 2.24) is 9.78 Å². The van der Waals surface area contributed by atoms with E-state index in [1.54, 1.807) is 36.7 Å². The number of sulfonamides is 1. The average molecular weight is 419 g/mol. The Balaban J connectivity index is 1.95. The average Bonchev–Trinajstić information content (AvgIpc) is 2.94. The molecule has 0 amide bonds. The van der Waals surface area contributed by atoms with Crippen molar-refractivity contribution in [2.75, 3.05) is 18.9 Å². The van der Waals surface area contributed by atoms with Gasteiger partial charge in [0.15, 0.2) is 0 Å². The summed E-state index contributed by atoms with van der Waals surface area (Å²) in [6.45, 7) is 3.77. The molecular weight excluding hydrogens is 397 g/mol. The van der Waals surface area contributed by atoms with E-state index in [-0.39, 0.29) is 16.5 Å². The van der Waals surface area contributed by atoms with Crippen molar-refractivity contribution in [3.63, 3.8) is 0 Å². The molecule has 2 aromatic carbocycles. The lowest BCUT2D eigenvalue weighted by atomic mass is 10.2. The van der Waals surface area contributed by atoms with Crippen molar-refractivity contribution in [2.45, 2.75) is 25.3 Å². The fourth-order valence-corrected chi connectivity index (χ4v) is 4.35. The molecule has 0 aliphatic rings. The molecule has 1 N–H and O–H groups in total. The minimum atomic E-state index is -3.97. The van der Waals surface area contributed by atoms with Gasteiger partial charge in [0.05, 0.1) is 37.8 Å². The number of nitrogens with zero attached hydrogens (tertiary/aromatic N) is 2. The van der Waals surface area contributed by atoms with Crippen molar-refractivity contribution < 1.29 is 22.3 Å². The summed E-state index contributed by atoms with van der Waals surface area (Å²) in [5.41, 5.74) is 2.20. The lowest BCUT2D eigenvalue weighted by molar-refractivity contribution is 0.392. The van der Waals surface area contributed by atoms with Crippen LogP contribution in [0.1, 0.15) is 17.0 Å². The maximum absolute atomic E-state index is 13.5. The Morgan fingerprint density at radius 1 is 1.10 bits per heavy atom. The summed E-state index contributed by atoms with van der Waals surface area (Å²) in [7, 11) is -1.12. The monoisotopic (exact) mass is 419 g/mol. The summed E-state index contributed by atoms with van der Waals surface area (Å²) in [6.07, 6.45) is 0. The lowest BCUT2D eigenvalue weighted by Gasteiger charge is -2.13. The van der Waals surface area contributed by atoms with E-state index in [1.165, 1.54) is 38.5 Å². The molecule has 29 heavy (non-hydrogen) atoms. The molecule has 3 aromatic rings.